The molecule has 0 spiro atoms. The predicted molar refractivity (Wildman–Crippen MR) is 171 cm³/mol. The van der Waals surface area contributed by atoms with Gasteiger partial charge in [-0.3, -0.25) is 13.9 Å². The van der Waals surface area contributed by atoms with Crippen molar-refractivity contribution in [3.05, 3.63) is 78.4 Å². The third-order valence-corrected chi connectivity index (χ3v) is 9.53. The third-order valence-electron chi connectivity index (χ3n) is 7.02. The molecule has 0 heterocycles. The zero-order valence-electron chi connectivity index (χ0n) is 25.6. The highest BCUT2D eigenvalue weighted by Gasteiger charge is 2.34. The molecular weight excluding hydrogens is 587 g/mol. The zero-order chi connectivity index (χ0) is 31.6. The molecule has 1 N–H and O–H groups in total. The summed E-state index contributed by atoms with van der Waals surface area (Å²) < 4.78 is 40.5. The highest BCUT2D eigenvalue weighted by Crippen LogP contribution is 2.33. The number of para-hydroxylation sites is 2. The summed E-state index contributed by atoms with van der Waals surface area (Å²) in [6.45, 7) is 7.10. The standard InChI is InChI=1S/C32H41N3O6S2/c1-7-23(3)33-32(37)24(4)34(21-25-12-11-13-26(20-25)40-5)31(36)22-35(29-14-9-10-15-30(29)41-8-2)43(38,39)28-18-16-27(42-6)17-19-28/h9-20,23-24H,7-8,21-22H2,1-6H3,(H,33,37)/t23-,24-/m0/s1. The Kier molecular flexibility index (Phi) is 12.3. The molecule has 232 valence electrons. The largest absolute Gasteiger partial charge is 0.497 e. The van der Waals surface area contributed by atoms with Crippen LogP contribution < -0.4 is 19.1 Å². The van der Waals surface area contributed by atoms with Crippen LogP contribution in [0.5, 0.6) is 11.5 Å². The topological polar surface area (TPSA) is 105 Å². The van der Waals surface area contributed by atoms with Crippen molar-refractivity contribution in [2.75, 3.05) is 30.8 Å². The van der Waals surface area contributed by atoms with E-state index in [2.05, 4.69) is 5.32 Å². The van der Waals surface area contributed by atoms with Crippen molar-refractivity contribution in [3.63, 3.8) is 0 Å². The molecule has 3 rings (SSSR count). The Labute approximate surface area is 259 Å². The molecular formula is C32H41N3O6S2. The second-order valence-corrected chi connectivity index (χ2v) is 12.7. The van der Waals surface area contributed by atoms with Gasteiger partial charge in [-0.2, -0.15) is 0 Å². The number of thioether (sulfide) groups is 1. The van der Waals surface area contributed by atoms with E-state index in [9.17, 15) is 18.0 Å². The first-order valence-corrected chi connectivity index (χ1v) is 16.8. The summed E-state index contributed by atoms with van der Waals surface area (Å²) in [5, 5.41) is 2.94. The Bertz CT molecular complexity index is 1480. The monoisotopic (exact) mass is 627 g/mol. The first kappa shape index (κ1) is 33.8. The number of hydrogen-bond donors (Lipinski definition) is 1. The minimum Gasteiger partial charge on any atom is -0.497 e. The van der Waals surface area contributed by atoms with Gasteiger partial charge in [0.2, 0.25) is 11.8 Å². The Morgan fingerprint density at radius 3 is 2.30 bits per heavy atom. The maximum Gasteiger partial charge on any atom is 0.264 e. The summed E-state index contributed by atoms with van der Waals surface area (Å²) in [4.78, 5) is 29.8. The lowest BCUT2D eigenvalue weighted by atomic mass is 10.1. The van der Waals surface area contributed by atoms with Gasteiger partial charge in [-0.15, -0.1) is 11.8 Å². The van der Waals surface area contributed by atoms with Gasteiger partial charge in [0.25, 0.3) is 10.0 Å². The van der Waals surface area contributed by atoms with Gasteiger partial charge in [-0.25, -0.2) is 8.42 Å². The summed E-state index contributed by atoms with van der Waals surface area (Å²) in [6, 6.07) is 19.4. The Hall–Kier alpha value is -3.70. The van der Waals surface area contributed by atoms with E-state index >= 15 is 0 Å². The first-order valence-electron chi connectivity index (χ1n) is 14.2. The van der Waals surface area contributed by atoms with Gasteiger partial charge in [-0.05, 0) is 87.5 Å². The number of sulfonamides is 1. The molecule has 0 saturated carbocycles. The normalized spacial score (nSPS) is 12.6. The van der Waals surface area contributed by atoms with E-state index in [4.69, 9.17) is 9.47 Å². The van der Waals surface area contributed by atoms with Crippen molar-refractivity contribution in [1.29, 1.82) is 0 Å². The fourth-order valence-electron chi connectivity index (χ4n) is 4.34. The fourth-order valence-corrected chi connectivity index (χ4v) is 6.18. The minimum atomic E-state index is -4.22. The van der Waals surface area contributed by atoms with Crippen LogP contribution >= 0.6 is 11.8 Å². The molecule has 0 saturated heterocycles. The van der Waals surface area contributed by atoms with Crippen molar-refractivity contribution < 1.29 is 27.5 Å². The number of benzene rings is 3. The van der Waals surface area contributed by atoms with Crippen LogP contribution in [0.4, 0.5) is 5.69 Å². The van der Waals surface area contributed by atoms with E-state index < -0.39 is 28.5 Å². The number of nitrogens with zero attached hydrogens (tertiary/aromatic N) is 2. The van der Waals surface area contributed by atoms with Gasteiger partial charge in [0.15, 0.2) is 0 Å². The third kappa shape index (κ3) is 8.67. The number of hydrogen-bond acceptors (Lipinski definition) is 7. The predicted octanol–water partition coefficient (Wildman–Crippen LogP) is 5.34. The number of amides is 2. The van der Waals surface area contributed by atoms with E-state index in [1.807, 2.05) is 26.2 Å². The van der Waals surface area contributed by atoms with Crippen LogP contribution in [-0.2, 0) is 26.2 Å². The molecule has 0 unspecified atom stereocenters. The molecule has 2 atom stereocenters. The van der Waals surface area contributed by atoms with Crippen molar-refractivity contribution in [1.82, 2.24) is 10.2 Å². The van der Waals surface area contributed by atoms with Gasteiger partial charge in [-0.1, -0.05) is 31.2 Å². The first-order chi connectivity index (χ1) is 20.5. The highest BCUT2D eigenvalue weighted by atomic mass is 32.2. The van der Waals surface area contributed by atoms with Crippen molar-refractivity contribution >= 4 is 39.3 Å². The van der Waals surface area contributed by atoms with Gasteiger partial charge >= 0.3 is 0 Å². The highest BCUT2D eigenvalue weighted by molar-refractivity contribution is 7.98. The quantitative estimate of drug-likeness (QED) is 0.227. The molecule has 0 aromatic heterocycles. The molecule has 3 aromatic carbocycles. The van der Waals surface area contributed by atoms with Crippen LogP contribution in [0.15, 0.2) is 82.6 Å². The number of carbonyl (C=O) groups is 2. The maximum atomic E-state index is 14.2. The Morgan fingerprint density at radius 1 is 0.977 bits per heavy atom. The second-order valence-electron chi connectivity index (χ2n) is 9.95. The summed E-state index contributed by atoms with van der Waals surface area (Å²) in [7, 11) is -2.67. The average Bonchev–Trinajstić information content (AvgIpc) is 3.02. The molecule has 9 nitrogen and oxygen atoms in total. The zero-order valence-corrected chi connectivity index (χ0v) is 27.2. The molecule has 0 aliphatic heterocycles. The number of methoxy groups -OCH3 is 1. The summed E-state index contributed by atoms with van der Waals surface area (Å²) in [6.07, 6.45) is 2.63. The van der Waals surface area contributed by atoms with Gasteiger partial charge in [0.1, 0.15) is 24.1 Å². The molecule has 0 fully saturated rings. The Morgan fingerprint density at radius 2 is 1.67 bits per heavy atom. The van der Waals surface area contributed by atoms with Crippen LogP contribution in [0.1, 0.15) is 39.7 Å². The van der Waals surface area contributed by atoms with Gasteiger partial charge in [0, 0.05) is 17.5 Å². The lowest BCUT2D eigenvalue weighted by Crippen LogP contribution is -2.52. The molecule has 11 heteroatoms. The molecule has 0 bridgehead atoms. The van der Waals surface area contributed by atoms with Crippen LogP contribution in [0.25, 0.3) is 0 Å². The van der Waals surface area contributed by atoms with E-state index in [1.165, 1.54) is 28.8 Å². The van der Waals surface area contributed by atoms with Crippen LogP contribution in [-0.4, -0.2) is 63.7 Å². The molecule has 0 aliphatic carbocycles. The van der Waals surface area contributed by atoms with Crippen LogP contribution in [0.3, 0.4) is 0 Å². The van der Waals surface area contributed by atoms with E-state index in [0.29, 0.717) is 18.1 Å². The van der Waals surface area contributed by atoms with Crippen molar-refractivity contribution in [2.24, 2.45) is 0 Å². The van der Waals surface area contributed by atoms with Crippen molar-refractivity contribution in [2.45, 2.75) is 62.5 Å². The second kappa shape index (κ2) is 15.7. The lowest BCUT2D eigenvalue weighted by Gasteiger charge is -2.33. The molecule has 43 heavy (non-hydrogen) atoms. The Balaban J connectivity index is 2.09. The molecule has 3 aromatic rings. The van der Waals surface area contributed by atoms with Gasteiger partial charge in [0.05, 0.1) is 24.3 Å². The number of ether oxygens (including phenoxy) is 2. The number of carbonyl (C=O) groups excluding carboxylic acids is 2. The number of anilines is 1. The maximum absolute atomic E-state index is 14.2. The smallest absolute Gasteiger partial charge is 0.264 e. The van der Waals surface area contributed by atoms with E-state index in [1.54, 1.807) is 75.6 Å². The molecule has 2 amide bonds. The molecule has 0 aliphatic rings. The summed E-state index contributed by atoms with van der Waals surface area (Å²) in [5.41, 5.74) is 0.956. The van der Waals surface area contributed by atoms with Crippen LogP contribution in [0, 0.1) is 0 Å². The SMILES string of the molecule is CCOc1ccccc1N(CC(=O)N(Cc1cccc(OC)c1)[C@@H](C)C(=O)N[C@@H](C)CC)S(=O)(=O)c1ccc(SC)cc1. The van der Waals surface area contributed by atoms with E-state index in [-0.39, 0.29) is 29.1 Å². The molecule has 0 radical (unpaired) electrons. The van der Waals surface area contributed by atoms with Crippen LogP contribution in [0.2, 0.25) is 0 Å². The minimum absolute atomic E-state index is 0.0336. The average molecular weight is 628 g/mol. The summed E-state index contributed by atoms with van der Waals surface area (Å²) in [5.74, 6) is 0.0433. The van der Waals surface area contributed by atoms with E-state index in [0.717, 1.165) is 21.2 Å². The number of nitrogens with one attached hydrogen (secondary N) is 1. The van der Waals surface area contributed by atoms with Gasteiger partial charge < -0.3 is 19.7 Å². The lowest BCUT2D eigenvalue weighted by molar-refractivity contribution is -0.139. The number of rotatable bonds is 15. The fraction of sp³-hybridized carbons (Fsp3) is 0.375. The van der Waals surface area contributed by atoms with Crippen molar-refractivity contribution in [3.8, 4) is 11.5 Å². The summed E-state index contributed by atoms with van der Waals surface area (Å²) >= 11 is 1.50.